The topological polar surface area (TPSA) is 39.7 Å². The van der Waals surface area contributed by atoms with Gasteiger partial charge in [-0.2, -0.15) is 0 Å². The van der Waals surface area contributed by atoms with E-state index in [0.717, 1.165) is 65.0 Å². The SMILES string of the molecule is CCCSc1cc(OC)c(CCNCc2ccccc2OC)cc1OC.Cl. The molecule has 0 unspecified atom stereocenters. The molecule has 2 aromatic rings. The number of ether oxygens (including phenoxy) is 3. The summed E-state index contributed by atoms with van der Waals surface area (Å²) in [6.45, 7) is 3.80. The van der Waals surface area contributed by atoms with Gasteiger partial charge in [0.15, 0.2) is 0 Å². The molecule has 0 spiro atoms. The Labute approximate surface area is 173 Å². The summed E-state index contributed by atoms with van der Waals surface area (Å²) >= 11 is 1.81. The second kappa shape index (κ2) is 12.8. The minimum absolute atomic E-state index is 0. The van der Waals surface area contributed by atoms with Gasteiger partial charge in [-0.25, -0.2) is 0 Å². The number of halogens is 1. The maximum Gasteiger partial charge on any atom is 0.132 e. The van der Waals surface area contributed by atoms with Crippen LogP contribution in [0.15, 0.2) is 41.3 Å². The van der Waals surface area contributed by atoms with E-state index in [0.29, 0.717) is 0 Å². The highest BCUT2D eigenvalue weighted by atomic mass is 35.5. The summed E-state index contributed by atoms with van der Waals surface area (Å²) in [6, 6.07) is 12.3. The molecule has 0 heterocycles. The van der Waals surface area contributed by atoms with E-state index in [-0.39, 0.29) is 12.4 Å². The first kappa shape index (κ1) is 23.5. The lowest BCUT2D eigenvalue weighted by Crippen LogP contribution is -2.17. The number of benzene rings is 2. The normalized spacial score (nSPS) is 10.2. The van der Waals surface area contributed by atoms with Crippen LogP contribution in [0.3, 0.4) is 0 Å². The van der Waals surface area contributed by atoms with Gasteiger partial charge in [-0.1, -0.05) is 25.1 Å². The van der Waals surface area contributed by atoms with Crippen molar-refractivity contribution in [2.45, 2.75) is 31.2 Å². The first-order chi connectivity index (χ1) is 12.7. The molecular formula is C21H30ClNO3S. The molecule has 4 nitrogen and oxygen atoms in total. The summed E-state index contributed by atoms with van der Waals surface area (Å²) in [5.74, 6) is 3.82. The Morgan fingerprint density at radius 2 is 1.59 bits per heavy atom. The zero-order valence-corrected chi connectivity index (χ0v) is 18.2. The minimum atomic E-state index is 0. The molecule has 0 aliphatic heterocycles. The Balaban J connectivity index is 0.00000364. The third kappa shape index (κ3) is 6.83. The average Bonchev–Trinajstić information content (AvgIpc) is 2.69. The third-order valence-corrected chi connectivity index (χ3v) is 5.35. The standard InChI is InChI=1S/C21H29NO3S.ClH/c1-5-12-26-21-14-19(24-3)16(13-20(21)25-4)10-11-22-15-17-8-6-7-9-18(17)23-2;/h6-9,13-14,22H,5,10-12,15H2,1-4H3;1H. The van der Waals surface area contributed by atoms with Gasteiger partial charge >= 0.3 is 0 Å². The van der Waals surface area contributed by atoms with Crippen LogP contribution in [-0.4, -0.2) is 33.6 Å². The Morgan fingerprint density at radius 1 is 0.889 bits per heavy atom. The van der Waals surface area contributed by atoms with Crippen LogP contribution >= 0.6 is 24.2 Å². The summed E-state index contributed by atoms with van der Waals surface area (Å²) < 4.78 is 16.6. The summed E-state index contributed by atoms with van der Waals surface area (Å²) in [4.78, 5) is 1.14. The van der Waals surface area contributed by atoms with Gasteiger partial charge in [-0.3, -0.25) is 0 Å². The molecular weight excluding hydrogens is 382 g/mol. The van der Waals surface area contributed by atoms with Crippen molar-refractivity contribution in [2.75, 3.05) is 33.6 Å². The molecule has 0 bridgehead atoms. The fourth-order valence-corrected chi connectivity index (χ4v) is 3.65. The lowest BCUT2D eigenvalue weighted by Gasteiger charge is -2.15. The molecule has 2 rings (SSSR count). The lowest BCUT2D eigenvalue weighted by molar-refractivity contribution is 0.390. The number of rotatable bonds is 11. The molecule has 0 aliphatic rings. The van der Waals surface area contributed by atoms with Crippen molar-refractivity contribution < 1.29 is 14.2 Å². The number of nitrogens with one attached hydrogen (secondary N) is 1. The molecule has 0 saturated heterocycles. The maximum absolute atomic E-state index is 5.60. The van der Waals surface area contributed by atoms with Crippen LogP contribution in [-0.2, 0) is 13.0 Å². The molecule has 0 radical (unpaired) electrons. The van der Waals surface area contributed by atoms with Crippen molar-refractivity contribution in [3.63, 3.8) is 0 Å². The van der Waals surface area contributed by atoms with Gasteiger partial charge in [-0.05, 0) is 48.9 Å². The maximum atomic E-state index is 5.60. The van der Waals surface area contributed by atoms with E-state index in [1.165, 1.54) is 0 Å². The predicted molar refractivity (Wildman–Crippen MR) is 116 cm³/mol. The summed E-state index contributed by atoms with van der Waals surface area (Å²) in [5, 5.41) is 3.48. The second-order valence-electron chi connectivity index (χ2n) is 5.90. The van der Waals surface area contributed by atoms with Crippen molar-refractivity contribution in [3.05, 3.63) is 47.5 Å². The smallest absolute Gasteiger partial charge is 0.132 e. The van der Waals surface area contributed by atoms with Crippen molar-refractivity contribution >= 4 is 24.2 Å². The summed E-state index contributed by atoms with van der Waals surface area (Å²) in [5.41, 5.74) is 2.31. The molecule has 0 atom stereocenters. The molecule has 0 aliphatic carbocycles. The van der Waals surface area contributed by atoms with Crippen LogP contribution in [0.4, 0.5) is 0 Å². The van der Waals surface area contributed by atoms with E-state index in [1.807, 2.05) is 18.2 Å². The minimum Gasteiger partial charge on any atom is -0.496 e. The van der Waals surface area contributed by atoms with Crippen molar-refractivity contribution in [3.8, 4) is 17.2 Å². The van der Waals surface area contributed by atoms with Gasteiger partial charge in [0.25, 0.3) is 0 Å². The van der Waals surface area contributed by atoms with Gasteiger partial charge in [0.2, 0.25) is 0 Å². The van der Waals surface area contributed by atoms with Crippen LogP contribution in [0.5, 0.6) is 17.2 Å². The lowest BCUT2D eigenvalue weighted by atomic mass is 10.1. The van der Waals surface area contributed by atoms with E-state index >= 15 is 0 Å². The van der Waals surface area contributed by atoms with Gasteiger partial charge in [0.05, 0.1) is 26.2 Å². The van der Waals surface area contributed by atoms with Gasteiger partial charge in [-0.15, -0.1) is 24.2 Å². The fourth-order valence-electron chi connectivity index (χ4n) is 2.75. The number of para-hydroxylation sites is 1. The molecule has 0 aromatic heterocycles. The summed E-state index contributed by atoms with van der Waals surface area (Å²) in [7, 11) is 5.15. The number of methoxy groups -OCH3 is 3. The van der Waals surface area contributed by atoms with E-state index < -0.39 is 0 Å². The van der Waals surface area contributed by atoms with E-state index in [9.17, 15) is 0 Å². The quantitative estimate of drug-likeness (QED) is 0.417. The second-order valence-corrected chi connectivity index (χ2v) is 7.04. The fraction of sp³-hybridized carbons (Fsp3) is 0.429. The molecule has 2 aromatic carbocycles. The highest BCUT2D eigenvalue weighted by Gasteiger charge is 2.11. The molecule has 150 valence electrons. The first-order valence-corrected chi connectivity index (χ1v) is 9.92. The predicted octanol–water partition coefficient (Wildman–Crippen LogP) is 4.97. The van der Waals surface area contributed by atoms with E-state index in [1.54, 1.807) is 33.1 Å². The Morgan fingerprint density at radius 3 is 2.26 bits per heavy atom. The summed E-state index contributed by atoms with van der Waals surface area (Å²) in [6.07, 6.45) is 2.00. The van der Waals surface area contributed by atoms with E-state index in [2.05, 4.69) is 30.4 Å². The highest BCUT2D eigenvalue weighted by Crippen LogP contribution is 2.36. The first-order valence-electron chi connectivity index (χ1n) is 8.93. The molecule has 0 amide bonds. The van der Waals surface area contributed by atoms with Crippen molar-refractivity contribution in [2.24, 2.45) is 0 Å². The molecule has 27 heavy (non-hydrogen) atoms. The Hall–Kier alpha value is -1.56. The van der Waals surface area contributed by atoms with Gasteiger partial charge < -0.3 is 19.5 Å². The van der Waals surface area contributed by atoms with Gasteiger partial charge in [0, 0.05) is 12.1 Å². The van der Waals surface area contributed by atoms with Crippen molar-refractivity contribution in [1.29, 1.82) is 0 Å². The van der Waals surface area contributed by atoms with E-state index in [4.69, 9.17) is 14.2 Å². The van der Waals surface area contributed by atoms with Gasteiger partial charge in [0.1, 0.15) is 17.2 Å². The van der Waals surface area contributed by atoms with Crippen LogP contribution in [0.25, 0.3) is 0 Å². The van der Waals surface area contributed by atoms with Crippen molar-refractivity contribution in [1.82, 2.24) is 5.32 Å². The number of hydrogen-bond donors (Lipinski definition) is 1. The Bertz CT molecular complexity index is 697. The molecule has 6 heteroatoms. The molecule has 0 fully saturated rings. The zero-order chi connectivity index (χ0) is 18.8. The molecule has 1 N–H and O–H groups in total. The Kier molecular flexibility index (Phi) is 11.1. The zero-order valence-electron chi connectivity index (χ0n) is 16.5. The molecule has 0 saturated carbocycles. The monoisotopic (exact) mass is 411 g/mol. The number of thioether (sulfide) groups is 1. The van der Waals surface area contributed by atoms with Crippen LogP contribution in [0.1, 0.15) is 24.5 Å². The average molecular weight is 412 g/mol. The van der Waals surface area contributed by atoms with Crippen LogP contribution in [0.2, 0.25) is 0 Å². The van der Waals surface area contributed by atoms with Crippen LogP contribution < -0.4 is 19.5 Å². The largest absolute Gasteiger partial charge is 0.496 e. The van der Waals surface area contributed by atoms with Crippen LogP contribution in [0, 0.1) is 0 Å². The third-order valence-electron chi connectivity index (χ3n) is 4.11. The number of hydrogen-bond acceptors (Lipinski definition) is 5. The highest BCUT2D eigenvalue weighted by molar-refractivity contribution is 7.99.